The standard InChI is InChI=1S/C12H9Cl2N3O/c13-8-4-1-3-7(10(8)15)12(18)17-11-9(14)5-2-6-16-11/h1-6H,15H2,(H,16,17,18). The minimum Gasteiger partial charge on any atom is -0.397 e. The van der Waals surface area contributed by atoms with E-state index in [-0.39, 0.29) is 17.1 Å². The lowest BCUT2D eigenvalue weighted by Crippen LogP contribution is -2.15. The van der Waals surface area contributed by atoms with Crippen molar-refractivity contribution in [3.63, 3.8) is 0 Å². The minimum atomic E-state index is -0.407. The monoisotopic (exact) mass is 281 g/mol. The summed E-state index contributed by atoms with van der Waals surface area (Å²) >= 11 is 11.7. The maximum absolute atomic E-state index is 12.0. The van der Waals surface area contributed by atoms with Crippen LogP contribution < -0.4 is 11.1 Å². The van der Waals surface area contributed by atoms with Gasteiger partial charge < -0.3 is 11.1 Å². The largest absolute Gasteiger partial charge is 0.397 e. The number of pyridine rings is 1. The number of para-hydroxylation sites is 1. The molecule has 18 heavy (non-hydrogen) atoms. The Morgan fingerprint density at radius 3 is 2.61 bits per heavy atom. The van der Waals surface area contributed by atoms with Crippen molar-refractivity contribution in [3.05, 3.63) is 52.1 Å². The number of anilines is 2. The van der Waals surface area contributed by atoms with Gasteiger partial charge in [0.1, 0.15) is 0 Å². The van der Waals surface area contributed by atoms with Gasteiger partial charge in [0.05, 0.1) is 21.3 Å². The molecule has 1 aromatic heterocycles. The second-order valence-electron chi connectivity index (χ2n) is 3.49. The number of carbonyl (C=O) groups excluding carboxylic acids is 1. The van der Waals surface area contributed by atoms with E-state index in [1.165, 1.54) is 6.20 Å². The first-order chi connectivity index (χ1) is 8.59. The number of nitrogens with two attached hydrogens (primary N) is 1. The second-order valence-corrected chi connectivity index (χ2v) is 4.30. The summed E-state index contributed by atoms with van der Waals surface area (Å²) in [5, 5.41) is 3.26. The van der Waals surface area contributed by atoms with E-state index in [2.05, 4.69) is 10.3 Å². The molecule has 4 nitrogen and oxygen atoms in total. The van der Waals surface area contributed by atoms with Gasteiger partial charge in [-0.1, -0.05) is 29.3 Å². The number of aromatic nitrogens is 1. The molecular weight excluding hydrogens is 273 g/mol. The number of hydrogen-bond acceptors (Lipinski definition) is 3. The van der Waals surface area contributed by atoms with Crippen LogP contribution >= 0.6 is 23.2 Å². The van der Waals surface area contributed by atoms with Crippen molar-refractivity contribution < 1.29 is 4.79 Å². The molecule has 0 saturated heterocycles. The van der Waals surface area contributed by atoms with E-state index in [0.717, 1.165) is 0 Å². The fourth-order valence-electron chi connectivity index (χ4n) is 1.39. The highest BCUT2D eigenvalue weighted by molar-refractivity contribution is 6.35. The van der Waals surface area contributed by atoms with Crippen molar-refractivity contribution in [1.82, 2.24) is 4.98 Å². The Labute approximate surface area is 114 Å². The Kier molecular flexibility index (Phi) is 3.69. The second kappa shape index (κ2) is 5.25. The number of nitrogens with zero attached hydrogens (tertiary/aromatic N) is 1. The highest BCUT2D eigenvalue weighted by Gasteiger charge is 2.13. The first-order valence-electron chi connectivity index (χ1n) is 5.05. The molecule has 0 radical (unpaired) electrons. The molecule has 0 atom stereocenters. The van der Waals surface area contributed by atoms with Crippen LogP contribution in [-0.2, 0) is 0 Å². The van der Waals surface area contributed by atoms with Crippen LogP contribution in [-0.4, -0.2) is 10.9 Å². The summed E-state index contributed by atoms with van der Waals surface area (Å²) in [6, 6.07) is 8.14. The Morgan fingerprint density at radius 1 is 1.17 bits per heavy atom. The van der Waals surface area contributed by atoms with Crippen molar-refractivity contribution >= 4 is 40.6 Å². The lowest BCUT2D eigenvalue weighted by atomic mass is 10.1. The zero-order chi connectivity index (χ0) is 13.1. The van der Waals surface area contributed by atoms with E-state index in [9.17, 15) is 4.79 Å². The molecule has 0 bridgehead atoms. The Hall–Kier alpha value is -1.78. The first-order valence-corrected chi connectivity index (χ1v) is 5.81. The predicted molar refractivity (Wildman–Crippen MR) is 73.1 cm³/mol. The Morgan fingerprint density at radius 2 is 1.89 bits per heavy atom. The summed E-state index contributed by atoms with van der Waals surface area (Å²) in [4.78, 5) is 15.9. The number of rotatable bonds is 2. The molecule has 6 heteroatoms. The summed E-state index contributed by atoms with van der Waals surface area (Å²) in [7, 11) is 0. The summed E-state index contributed by atoms with van der Waals surface area (Å²) in [6.45, 7) is 0. The van der Waals surface area contributed by atoms with Crippen LogP contribution in [0.15, 0.2) is 36.5 Å². The van der Waals surface area contributed by atoms with Crippen molar-refractivity contribution in [2.45, 2.75) is 0 Å². The highest BCUT2D eigenvalue weighted by atomic mass is 35.5. The number of benzene rings is 1. The number of nitrogen functional groups attached to an aromatic ring is 1. The molecule has 0 aliphatic heterocycles. The summed E-state index contributed by atoms with van der Waals surface area (Å²) in [5.41, 5.74) is 6.24. The summed E-state index contributed by atoms with van der Waals surface area (Å²) in [5.74, 6) is -0.126. The van der Waals surface area contributed by atoms with Crippen LogP contribution in [0.1, 0.15) is 10.4 Å². The fourth-order valence-corrected chi connectivity index (χ4v) is 1.73. The third-order valence-corrected chi connectivity index (χ3v) is 2.92. The molecule has 1 amide bonds. The van der Waals surface area contributed by atoms with Crippen LogP contribution in [0.25, 0.3) is 0 Å². The minimum absolute atomic E-state index is 0.226. The van der Waals surface area contributed by atoms with E-state index in [1.807, 2.05) is 0 Å². The fraction of sp³-hybridized carbons (Fsp3) is 0. The topological polar surface area (TPSA) is 68.0 Å². The third kappa shape index (κ3) is 2.55. The molecule has 0 saturated carbocycles. The van der Waals surface area contributed by atoms with Gasteiger partial charge in [0.15, 0.2) is 5.82 Å². The average Bonchev–Trinajstić information content (AvgIpc) is 2.35. The van der Waals surface area contributed by atoms with Crippen LogP contribution in [0.4, 0.5) is 11.5 Å². The molecule has 0 unspecified atom stereocenters. The van der Waals surface area contributed by atoms with Gasteiger partial charge in [0.2, 0.25) is 0 Å². The number of amides is 1. The van der Waals surface area contributed by atoms with Crippen LogP contribution in [0.2, 0.25) is 10.0 Å². The SMILES string of the molecule is Nc1c(Cl)cccc1C(=O)Nc1ncccc1Cl. The van der Waals surface area contributed by atoms with Crippen LogP contribution in [0.3, 0.4) is 0 Å². The summed E-state index contributed by atoms with van der Waals surface area (Å²) < 4.78 is 0. The lowest BCUT2D eigenvalue weighted by molar-refractivity contribution is 0.102. The number of nitrogens with one attached hydrogen (secondary N) is 1. The van der Waals surface area contributed by atoms with Gasteiger partial charge in [-0.15, -0.1) is 0 Å². The zero-order valence-electron chi connectivity index (χ0n) is 9.15. The number of hydrogen-bond donors (Lipinski definition) is 2. The highest BCUT2D eigenvalue weighted by Crippen LogP contribution is 2.24. The van der Waals surface area contributed by atoms with Crippen LogP contribution in [0, 0.1) is 0 Å². The predicted octanol–water partition coefficient (Wildman–Crippen LogP) is 3.22. The zero-order valence-corrected chi connectivity index (χ0v) is 10.7. The van der Waals surface area contributed by atoms with Gasteiger partial charge in [0, 0.05) is 6.20 Å². The molecule has 2 aromatic rings. The maximum Gasteiger partial charge on any atom is 0.259 e. The normalized spacial score (nSPS) is 10.1. The van der Waals surface area contributed by atoms with Gasteiger partial charge in [0.25, 0.3) is 5.91 Å². The van der Waals surface area contributed by atoms with Gasteiger partial charge in [-0.2, -0.15) is 0 Å². The average molecular weight is 282 g/mol. The van der Waals surface area contributed by atoms with Crippen LogP contribution in [0.5, 0.6) is 0 Å². The van der Waals surface area contributed by atoms with Gasteiger partial charge in [-0.25, -0.2) is 4.98 Å². The van der Waals surface area contributed by atoms with Gasteiger partial charge in [-0.05, 0) is 24.3 Å². The molecule has 1 aromatic carbocycles. The summed E-state index contributed by atoms with van der Waals surface area (Å²) in [6.07, 6.45) is 1.53. The molecular formula is C12H9Cl2N3O. The molecule has 2 rings (SSSR count). The molecule has 1 heterocycles. The molecule has 0 aliphatic carbocycles. The molecule has 0 aliphatic rings. The van der Waals surface area contributed by atoms with Crippen molar-refractivity contribution in [3.8, 4) is 0 Å². The maximum atomic E-state index is 12.0. The van der Waals surface area contributed by atoms with E-state index >= 15 is 0 Å². The van der Waals surface area contributed by atoms with Crippen molar-refractivity contribution in [1.29, 1.82) is 0 Å². The van der Waals surface area contributed by atoms with E-state index in [4.69, 9.17) is 28.9 Å². The lowest BCUT2D eigenvalue weighted by Gasteiger charge is -2.08. The van der Waals surface area contributed by atoms with Crippen molar-refractivity contribution in [2.75, 3.05) is 11.1 Å². The van der Waals surface area contributed by atoms with Gasteiger partial charge in [-0.3, -0.25) is 4.79 Å². The van der Waals surface area contributed by atoms with Crippen molar-refractivity contribution in [2.24, 2.45) is 0 Å². The number of halogens is 2. The molecule has 3 N–H and O–H groups in total. The third-order valence-electron chi connectivity index (χ3n) is 2.29. The Balaban J connectivity index is 2.28. The molecule has 0 fully saturated rings. The first kappa shape index (κ1) is 12.7. The van der Waals surface area contributed by atoms with E-state index in [0.29, 0.717) is 10.0 Å². The quantitative estimate of drug-likeness (QED) is 0.831. The molecule has 92 valence electrons. The van der Waals surface area contributed by atoms with Gasteiger partial charge >= 0.3 is 0 Å². The van der Waals surface area contributed by atoms with E-state index in [1.54, 1.807) is 30.3 Å². The smallest absolute Gasteiger partial charge is 0.259 e. The molecule has 0 spiro atoms. The number of carbonyl (C=O) groups is 1. The Bertz CT molecular complexity index is 602. The van der Waals surface area contributed by atoms with E-state index < -0.39 is 5.91 Å².